The summed E-state index contributed by atoms with van der Waals surface area (Å²) in [5.41, 5.74) is -0.306. The quantitative estimate of drug-likeness (QED) is 0.277. The van der Waals surface area contributed by atoms with Gasteiger partial charge in [-0.1, -0.05) is 5.16 Å². The molecule has 0 atom stereocenters. The number of aliphatic carboxylic acids is 1. The Labute approximate surface area is 40.1 Å². The predicted octanol–water partition coefficient (Wildman–Crippen LogP) is -0.0789. The molecule has 0 bridgehead atoms. The van der Waals surface area contributed by atoms with E-state index in [1.165, 1.54) is 6.92 Å². The molecule has 0 aromatic carbocycles. The van der Waals surface area contributed by atoms with E-state index in [1.807, 2.05) is 0 Å². The third-order valence-electron chi connectivity index (χ3n) is 0.460. The zero-order chi connectivity index (χ0) is 5.86. The van der Waals surface area contributed by atoms with Gasteiger partial charge in [0.25, 0.3) is 0 Å². The Morgan fingerprint density at radius 1 is 1.71 bits per heavy atom. The molecule has 4 nitrogen and oxygen atoms in total. The second-order valence-electron chi connectivity index (χ2n) is 0.991. The van der Waals surface area contributed by atoms with Gasteiger partial charge in [-0.3, -0.25) is 0 Å². The van der Waals surface area contributed by atoms with Crippen molar-refractivity contribution in [2.24, 2.45) is 5.16 Å². The predicted molar refractivity (Wildman–Crippen MR) is 22.5 cm³/mol. The van der Waals surface area contributed by atoms with Crippen molar-refractivity contribution in [1.82, 2.24) is 0 Å². The molecule has 0 saturated heterocycles. The highest BCUT2D eigenvalue weighted by Crippen LogP contribution is 1.70. The highest BCUT2D eigenvalue weighted by atomic mass is 16.4. The summed E-state index contributed by atoms with van der Waals surface area (Å²) < 4.78 is 0. The van der Waals surface area contributed by atoms with Crippen LogP contribution < -0.4 is 0 Å². The minimum Gasteiger partial charge on any atom is -0.477 e. The van der Waals surface area contributed by atoms with E-state index in [-0.39, 0.29) is 5.71 Å². The van der Waals surface area contributed by atoms with E-state index < -0.39 is 5.97 Å². The molecule has 0 amide bonds. The molecule has 0 aliphatic carbocycles. The minimum atomic E-state index is -1.21. The third kappa shape index (κ3) is 1.75. The summed E-state index contributed by atoms with van der Waals surface area (Å²) in [7, 11) is 0. The number of nitrogens with zero attached hydrogens (tertiary/aromatic N) is 1. The van der Waals surface area contributed by atoms with Crippen LogP contribution in [0.5, 0.6) is 0 Å². The monoisotopic (exact) mass is 103 g/mol. The number of hydrogen-bond donors (Lipinski definition) is 2. The molecule has 0 rings (SSSR count). The van der Waals surface area contributed by atoms with Crippen LogP contribution in [0.25, 0.3) is 0 Å². The largest absolute Gasteiger partial charge is 0.477 e. The lowest BCUT2D eigenvalue weighted by Gasteiger charge is -1.81. The number of carboxylic acids is 1. The van der Waals surface area contributed by atoms with E-state index in [0.717, 1.165) is 0 Å². The van der Waals surface area contributed by atoms with Gasteiger partial charge >= 0.3 is 5.97 Å². The zero-order valence-electron chi connectivity index (χ0n) is 3.75. The van der Waals surface area contributed by atoms with Crippen LogP contribution in [0.4, 0.5) is 0 Å². The van der Waals surface area contributed by atoms with Crippen LogP contribution in [0, 0.1) is 0 Å². The number of hydrogen-bond acceptors (Lipinski definition) is 3. The maximum absolute atomic E-state index is 9.64. The van der Waals surface area contributed by atoms with E-state index in [0.29, 0.717) is 0 Å². The second kappa shape index (κ2) is 2.17. The summed E-state index contributed by atoms with van der Waals surface area (Å²) in [5.74, 6) is -1.21. The Kier molecular flexibility index (Phi) is 1.84. The first-order valence-corrected chi connectivity index (χ1v) is 1.60. The summed E-state index contributed by atoms with van der Waals surface area (Å²) in [6.07, 6.45) is 0. The zero-order valence-corrected chi connectivity index (χ0v) is 3.75. The lowest BCUT2D eigenvalue weighted by molar-refractivity contribution is -0.129. The van der Waals surface area contributed by atoms with E-state index in [4.69, 9.17) is 10.3 Å². The highest BCUT2D eigenvalue weighted by Gasteiger charge is 1.98. The fourth-order valence-electron chi connectivity index (χ4n) is 0.0428. The van der Waals surface area contributed by atoms with Gasteiger partial charge in [0, 0.05) is 0 Å². The lowest BCUT2D eigenvalue weighted by atomic mass is 10.4. The van der Waals surface area contributed by atoms with Gasteiger partial charge in [0.2, 0.25) is 0 Å². The van der Waals surface area contributed by atoms with Gasteiger partial charge < -0.3 is 10.3 Å². The van der Waals surface area contributed by atoms with Crippen LogP contribution in [-0.4, -0.2) is 22.0 Å². The summed E-state index contributed by atoms with van der Waals surface area (Å²) in [6.45, 7) is 1.20. The van der Waals surface area contributed by atoms with Crippen molar-refractivity contribution in [2.45, 2.75) is 6.92 Å². The van der Waals surface area contributed by atoms with Crippen molar-refractivity contribution >= 4 is 11.7 Å². The van der Waals surface area contributed by atoms with Crippen LogP contribution in [0.1, 0.15) is 6.92 Å². The molecule has 0 aromatic rings. The lowest BCUT2D eigenvalue weighted by Crippen LogP contribution is -2.06. The Morgan fingerprint density at radius 3 is 2.14 bits per heavy atom. The molecule has 0 aromatic heterocycles. The number of oxime groups is 1. The molecule has 0 aliphatic heterocycles. The van der Waals surface area contributed by atoms with Gasteiger partial charge in [0.15, 0.2) is 5.71 Å². The van der Waals surface area contributed by atoms with Gasteiger partial charge in [-0.2, -0.15) is 0 Å². The first-order valence-electron chi connectivity index (χ1n) is 1.60. The summed E-state index contributed by atoms with van der Waals surface area (Å²) in [5, 5.41) is 18.0. The van der Waals surface area contributed by atoms with Gasteiger partial charge in [-0.15, -0.1) is 0 Å². The smallest absolute Gasteiger partial charge is 0.353 e. The van der Waals surface area contributed by atoms with E-state index in [1.54, 1.807) is 0 Å². The first kappa shape index (κ1) is 5.94. The Bertz CT molecular complexity index is 107. The van der Waals surface area contributed by atoms with Crippen LogP contribution in [-0.2, 0) is 4.79 Å². The maximum Gasteiger partial charge on any atom is 0.353 e. The average molecular weight is 103 g/mol. The van der Waals surface area contributed by atoms with Crippen molar-refractivity contribution in [2.75, 3.05) is 0 Å². The van der Waals surface area contributed by atoms with Gasteiger partial charge in [0.1, 0.15) is 0 Å². The van der Waals surface area contributed by atoms with Gasteiger partial charge in [-0.05, 0) is 6.92 Å². The Hall–Kier alpha value is -1.06. The molecular weight excluding hydrogens is 98.0 g/mol. The Balaban J connectivity index is 3.82. The molecule has 4 heteroatoms. The fraction of sp³-hybridized carbons (Fsp3) is 0.333. The topological polar surface area (TPSA) is 69.9 Å². The van der Waals surface area contributed by atoms with Crippen molar-refractivity contribution in [3.05, 3.63) is 0 Å². The normalized spacial score (nSPS) is 11.3. The fourth-order valence-corrected chi connectivity index (χ4v) is 0.0428. The molecule has 40 valence electrons. The molecule has 0 radical (unpaired) electrons. The van der Waals surface area contributed by atoms with Crippen molar-refractivity contribution < 1.29 is 15.1 Å². The highest BCUT2D eigenvalue weighted by molar-refractivity contribution is 6.34. The number of carboxylic acid groups (broad SMARTS) is 1. The second-order valence-corrected chi connectivity index (χ2v) is 0.991. The molecule has 0 unspecified atom stereocenters. The molecule has 7 heavy (non-hydrogen) atoms. The van der Waals surface area contributed by atoms with E-state index >= 15 is 0 Å². The van der Waals surface area contributed by atoms with E-state index in [9.17, 15) is 4.79 Å². The average Bonchev–Trinajstić information content (AvgIpc) is 1.65. The molecule has 0 aliphatic rings. The van der Waals surface area contributed by atoms with Gasteiger partial charge in [0.05, 0.1) is 0 Å². The molecule has 0 fully saturated rings. The molecule has 0 spiro atoms. The van der Waals surface area contributed by atoms with Crippen LogP contribution >= 0.6 is 0 Å². The minimum absolute atomic E-state index is 0.306. The third-order valence-corrected chi connectivity index (χ3v) is 0.460. The first-order chi connectivity index (χ1) is 3.18. The SMILES string of the molecule is CC(=NO)C(=O)O. The van der Waals surface area contributed by atoms with Crippen LogP contribution in [0.3, 0.4) is 0 Å². The summed E-state index contributed by atoms with van der Waals surface area (Å²) in [4.78, 5) is 9.64. The van der Waals surface area contributed by atoms with Crippen molar-refractivity contribution in [3.8, 4) is 0 Å². The van der Waals surface area contributed by atoms with Crippen LogP contribution in [0.2, 0.25) is 0 Å². The molecule has 0 heterocycles. The van der Waals surface area contributed by atoms with Crippen molar-refractivity contribution in [1.29, 1.82) is 0 Å². The standard InChI is InChI=1S/C3H5NO3/c1-2(4-7)3(5)6/h7H,1H3,(H,5,6). The number of carbonyl (C=O) groups is 1. The summed E-state index contributed by atoms with van der Waals surface area (Å²) in [6, 6.07) is 0. The molecule has 2 N–H and O–H groups in total. The number of rotatable bonds is 1. The Morgan fingerprint density at radius 2 is 2.14 bits per heavy atom. The van der Waals surface area contributed by atoms with E-state index in [2.05, 4.69) is 5.16 Å². The van der Waals surface area contributed by atoms with Crippen LogP contribution in [0.15, 0.2) is 5.16 Å². The molecular formula is C3H5NO3. The summed E-state index contributed by atoms with van der Waals surface area (Å²) >= 11 is 0. The maximum atomic E-state index is 9.64. The van der Waals surface area contributed by atoms with Crippen molar-refractivity contribution in [3.63, 3.8) is 0 Å². The van der Waals surface area contributed by atoms with Gasteiger partial charge in [-0.25, -0.2) is 4.79 Å². The molecule has 0 saturated carbocycles.